The first kappa shape index (κ1) is 17.5. The number of rotatable bonds is 3. The molecule has 0 aromatic heterocycles. The van der Waals surface area contributed by atoms with Crippen molar-refractivity contribution in [2.45, 2.75) is 6.61 Å². The van der Waals surface area contributed by atoms with Crippen LogP contribution in [0.2, 0.25) is 0 Å². The number of ketones is 1. The zero-order chi connectivity index (χ0) is 19.8. The average Bonchev–Trinajstić information content (AvgIpc) is 2.80. The molecule has 3 aromatic rings. The predicted molar refractivity (Wildman–Crippen MR) is 101 cm³/mol. The summed E-state index contributed by atoms with van der Waals surface area (Å²) in [6.07, 6.45) is 0. The molecule has 3 aromatic carbocycles. The third kappa shape index (κ3) is 3.11. The first-order valence-corrected chi connectivity index (χ1v) is 8.33. The van der Waals surface area contributed by atoms with E-state index in [4.69, 9.17) is 10.5 Å². The first-order chi connectivity index (χ1) is 13.4. The number of nitro groups is 1. The molecule has 8 heteroatoms. The van der Waals surface area contributed by atoms with Crippen molar-refractivity contribution >= 4 is 28.5 Å². The summed E-state index contributed by atoms with van der Waals surface area (Å²) in [6, 6.07) is 13.0. The molecule has 0 spiro atoms. The van der Waals surface area contributed by atoms with Gasteiger partial charge in [0.1, 0.15) is 18.2 Å². The molecule has 140 valence electrons. The van der Waals surface area contributed by atoms with Gasteiger partial charge in [-0.15, -0.1) is 0 Å². The Morgan fingerprint density at radius 2 is 1.86 bits per heavy atom. The number of anilines is 3. The van der Waals surface area contributed by atoms with E-state index < -0.39 is 10.7 Å². The summed E-state index contributed by atoms with van der Waals surface area (Å²) in [7, 11) is 0. The second-order valence-electron chi connectivity index (χ2n) is 6.28. The second-order valence-corrected chi connectivity index (χ2v) is 6.28. The van der Waals surface area contributed by atoms with Gasteiger partial charge in [-0.2, -0.15) is 0 Å². The summed E-state index contributed by atoms with van der Waals surface area (Å²) in [4.78, 5) is 23.3. The van der Waals surface area contributed by atoms with E-state index in [1.165, 1.54) is 36.4 Å². The minimum atomic E-state index is -0.516. The highest BCUT2D eigenvalue weighted by Crippen LogP contribution is 2.33. The maximum atomic E-state index is 13.2. The van der Waals surface area contributed by atoms with Gasteiger partial charge in [0, 0.05) is 35.0 Å². The third-order valence-electron chi connectivity index (χ3n) is 4.45. The molecule has 28 heavy (non-hydrogen) atoms. The number of nitrogens with one attached hydrogen (secondary N) is 1. The molecule has 0 unspecified atom stereocenters. The number of ether oxygens (including phenoxy) is 1. The van der Waals surface area contributed by atoms with Crippen LogP contribution in [0.25, 0.3) is 0 Å². The fourth-order valence-electron chi connectivity index (χ4n) is 3.05. The molecule has 4 rings (SSSR count). The number of benzene rings is 3. The van der Waals surface area contributed by atoms with Crippen LogP contribution >= 0.6 is 0 Å². The van der Waals surface area contributed by atoms with E-state index in [0.717, 1.165) is 0 Å². The lowest BCUT2D eigenvalue weighted by Crippen LogP contribution is -2.04. The van der Waals surface area contributed by atoms with Gasteiger partial charge in [0.15, 0.2) is 5.78 Å². The van der Waals surface area contributed by atoms with Crippen LogP contribution in [0, 0.1) is 15.9 Å². The molecular weight excluding hydrogens is 365 g/mol. The quantitative estimate of drug-likeness (QED) is 0.401. The third-order valence-corrected chi connectivity index (χ3v) is 4.45. The Morgan fingerprint density at radius 3 is 2.61 bits per heavy atom. The minimum Gasteiger partial charge on any atom is -0.488 e. The van der Waals surface area contributed by atoms with Crippen LogP contribution in [0.1, 0.15) is 21.5 Å². The van der Waals surface area contributed by atoms with Crippen molar-refractivity contribution in [1.29, 1.82) is 0 Å². The average molecular weight is 379 g/mol. The highest BCUT2D eigenvalue weighted by atomic mass is 19.1. The molecular formula is C20H14FN3O4. The van der Waals surface area contributed by atoms with E-state index in [0.29, 0.717) is 33.8 Å². The van der Waals surface area contributed by atoms with Gasteiger partial charge in [0.25, 0.3) is 5.69 Å². The van der Waals surface area contributed by atoms with E-state index in [1.54, 1.807) is 18.2 Å². The zero-order valence-corrected chi connectivity index (χ0v) is 14.4. The molecule has 1 heterocycles. The molecule has 0 amide bonds. The minimum absolute atomic E-state index is 0.0257. The smallest absolute Gasteiger partial charge is 0.269 e. The topological polar surface area (TPSA) is 107 Å². The van der Waals surface area contributed by atoms with Crippen LogP contribution in [0.15, 0.2) is 54.6 Å². The Morgan fingerprint density at radius 1 is 1.07 bits per heavy atom. The van der Waals surface area contributed by atoms with Crippen LogP contribution in [-0.2, 0) is 6.61 Å². The van der Waals surface area contributed by atoms with Gasteiger partial charge >= 0.3 is 0 Å². The van der Waals surface area contributed by atoms with Crippen LogP contribution in [-0.4, -0.2) is 10.7 Å². The maximum Gasteiger partial charge on any atom is 0.269 e. The molecule has 0 saturated carbocycles. The molecule has 3 N–H and O–H groups in total. The molecule has 0 aliphatic carbocycles. The Balaban J connectivity index is 1.67. The van der Waals surface area contributed by atoms with E-state index in [2.05, 4.69) is 5.32 Å². The molecule has 0 bridgehead atoms. The van der Waals surface area contributed by atoms with E-state index in [1.807, 2.05) is 0 Å². The number of carbonyl (C=O) groups is 1. The standard InChI is InChI=1S/C20H14FN3O4/c21-12-1-6-18(17(22)8-12)23-13-2-4-16-19(9-13)28-10-11-7-14(24(26)27)3-5-15(11)20(16)25/h1-9,23H,10,22H2. The SMILES string of the molecule is Nc1cc(F)ccc1Nc1ccc2c(c1)OCc1cc([N+](=O)[O-])ccc1C2=O. The van der Waals surface area contributed by atoms with Gasteiger partial charge in [-0.25, -0.2) is 4.39 Å². The van der Waals surface area contributed by atoms with E-state index >= 15 is 0 Å². The maximum absolute atomic E-state index is 13.2. The Kier molecular flexibility index (Phi) is 4.15. The van der Waals surface area contributed by atoms with Crippen LogP contribution < -0.4 is 15.8 Å². The normalized spacial score (nSPS) is 12.4. The number of non-ortho nitro benzene ring substituents is 1. The Hall–Kier alpha value is -3.94. The number of fused-ring (bicyclic) bond motifs is 2. The van der Waals surface area contributed by atoms with Crippen LogP contribution in [0.4, 0.5) is 27.1 Å². The molecule has 1 aliphatic heterocycles. The highest BCUT2D eigenvalue weighted by Gasteiger charge is 2.24. The largest absolute Gasteiger partial charge is 0.488 e. The molecule has 0 radical (unpaired) electrons. The summed E-state index contributed by atoms with van der Waals surface area (Å²) in [5.41, 5.74) is 8.23. The summed E-state index contributed by atoms with van der Waals surface area (Å²) >= 11 is 0. The second kappa shape index (κ2) is 6.66. The number of nitrogen functional groups attached to an aromatic ring is 1. The van der Waals surface area contributed by atoms with Crippen molar-refractivity contribution in [3.8, 4) is 5.75 Å². The van der Waals surface area contributed by atoms with Gasteiger partial charge < -0.3 is 15.8 Å². The number of hydrogen-bond donors (Lipinski definition) is 2. The number of carbonyl (C=O) groups excluding carboxylic acids is 1. The lowest BCUT2D eigenvalue weighted by molar-refractivity contribution is -0.384. The zero-order valence-electron chi connectivity index (χ0n) is 14.4. The van der Waals surface area contributed by atoms with Crippen molar-refractivity contribution in [1.82, 2.24) is 0 Å². The predicted octanol–water partition coefficient (Wildman–Crippen LogP) is 4.18. The first-order valence-electron chi connectivity index (χ1n) is 8.33. The van der Waals surface area contributed by atoms with Crippen molar-refractivity contribution in [3.63, 3.8) is 0 Å². The van der Waals surface area contributed by atoms with Gasteiger partial charge in [-0.3, -0.25) is 14.9 Å². The molecule has 1 aliphatic rings. The molecule has 0 atom stereocenters. The Labute approximate surface area is 158 Å². The van der Waals surface area contributed by atoms with Gasteiger partial charge in [-0.1, -0.05) is 0 Å². The fourth-order valence-corrected chi connectivity index (χ4v) is 3.05. The number of hydrogen-bond acceptors (Lipinski definition) is 6. The van der Waals surface area contributed by atoms with Crippen molar-refractivity contribution < 1.29 is 18.8 Å². The number of nitro benzene ring substituents is 1. The summed E-state index contributed by atoms with van der Waals surface area (Å²) in [5.74, 6) is -0.370. The number of halogens is 1. The number of nitrogens with zero attached hydrogens (tertiary/aromatic N) is 1. The van der Waals surface area contributed by atoms with Crippen molar-refractivity contribution in [2.24, 2.45) is 0 Å². The van der Waals surface area contributed by atoms with Crippen LogP contribution in [0.5, 0.6) is 5.75 Å². The summed E-state index contributed by atoms with van der Waals surface area (Å²) < 4.78 is 18.9. The molecule has 7 nitrogen and oxygen atoms in total. The van der Waals surface area contributed by atoms with Crippen molar-refractivity contribution in [3.05, 3.63) is 87.2 Å². The van der Waals surface area contributed by atoms with Gasteiger partial charge in [0.2, 0.25) is 0 Å². The lowest BCUT2D eigenvalue weighted by Gasteiger charge is -2.12. The monoisotopic (exact) mass is 379 g/mol. The van der Waals surface area contributed by atoms with Gasteiger partial charge in [0.05, 0.1) is 21.9 Å². The number of nitrogens with two attached hydrogens (primary N) is 1. The summed E-state index contributed by atoms with van der Waals surface area (Å²) in [6.45, 7) is 0.0257. The van der Waals surface area contributed by atoms with Crippen molar-refractivity contribution in [2.75, 3.05) is 11.1 Å². The van der Waals surface area contributed by atoms with E-state index in [-0.39, 0.29) is 23.8 Å². The van der Waals surface area contributed by atoms with Crippen LogP contribution in [0.3, 0.4) is 0 Å². The van der Waals surface area contributed by atoms with E-state index in [9.17, 15) is 19.3 Å². The fraction of sp³-hybridized carbons (Fsp3) is 0.0500. The molecule has 0 saturated heterocycles. The van der Waals surface area contributed by atoms with Gasteiger partial charge in [-0.05, 0) is 36.4 Å². The lowest BCUT2D eigenvalue weighted by atomic mass is 9.98. The summed E-state index contributed by atoms with van der Waals surface area (Å²) in [5, 5.41) is 14.0. The Bertz CT molecular complexity index is 1130. The highest BCUT2D eigenvalue weighted by molar-refractivity contribution is 6.12. The molecule has 0 fully saturated rings.